The average Bonchev–Trinajstić information content (AvgIpc) is 3.22. The Kier molecular flexibility index (Phi) is 7.83. The first kappa shape index (κ1) is 23.5. The zero-order chi connectivity index (χ0) is 23.2. The number of benzene rings is 2. The van der Waals surface area contributed by atoms with E-state index in [2.05, 4.69) is 66.6 Å². The number of likely N-dealkylation sites (tertiary alicyclic amines) is 1. The first-order chi connectivity index (χ1) is 16.0. The number of thiophene rings is 1. The molecule has 4 heteroatoms. The van der Waals surface area contributed by atoms with Crippen molar-refractivity contribution in [1.29, 1.82) is 0 Å². The molecule has 0 bridgehead atoms. The monoisotopic (exact) mass is 472 g/mol. The van der Waals surface area contributed by atoms with Crippen LogP contribution in [0.4, 0.5) is 0 Å². The van der Waals surface area contributed by atoms with Gasteiger partial charge in [0.25, 0.3) is 0 Å². The molecule has 168 valence electrons. The molecule has 1 fully saturated rings. The Morgan fingerprint density at radius 3 is 2.64 bits per heavy atom. The van der Waals surface area contributed by atoms with Crippen LogP contribution in [0, 0.1) is 17.8 Å². The van der Waals surface area contributed by atoms with Gasteiger partial charge in [-0.05, 0) is 110 Å². The molecule has 2 aromatic carbocycles. The predicted octanol–water partition coefficient (Wildman–Crippen LogP) is 7.83. The van der Waals surface area contributed by atoms with Gasteiger partial charge in [-0.25, -0.2) is 0 Å². The maximum Gasteiger partial charge on any atom is 0.112 e. The highest BCUT2D eigenvalue weighted by atomic mass is 35.5. The fraction of sp³-hybridized carbons (Fsp3) is 0.276. The lowest BCUT2D eigenvalue weighted by atomic mass is 9.99. The van der Waals surface area contributed by atoms with E-state index in [9.17, 15) is 0 Å². The number of rotatable bonds is 5. The normalized spacial score (nSPS) is 16.0. The van der Waals surface area contributed by atoms with Crippen LogP contribution in [0.25, 0.3) is 15.7 Å². The van der Waals surface area contributed by atoms with Gasteiger partial charge in [0.05, 0.1) is 0 Å². The van der Waals surface area contributed by atoms with Crippen molar-refractivity contribution in [3.8, 4) is 11.8 Å². The number of piperidine rings is 1. The number of aliphatic imine (C=N–C) groups is 1. The molecule has 0 N–H and O–H groups in total. The fourth-order valence-electron chi connectivity index (χ4n) is 3.98. The van der Waals surface area contributed by atoms with Crippen molar-refractivity contribution < 1.29 is 0 Å². The first-order valence-electron chi connectivity index (χ1n) is 11.4. The van der Waals surface area contributed by atoms with Gasteiger partial charge in [-0.2, -0.15) is 0 Å². The average molecular weight is 473 g/mol. The predicted molar refractivity (Wildman–Crippen MR) is 145 cm³/mol. The summed E-state index contributed by atoms with van der Waals surface area (Å²) < 4.78 is 1.32. The zero-order valence-corrected chi connectivity index (χ0v) is 20.8. The Balaban J connectivity index is 1.47. The van der Waals surface area contributed by atoms with Gasteiger partial charge < -0.3 is 0 Å². The maximum absolute atomic E-state index is 5.98. The molecule has 0 saturated carbocycles. The minimum atomic E-state index is 0.647. The van der Waals surface area contributed by atoms with Crippen molar-refractivity contribution in [3.05, 3.63) is 87.4 Å². The summed E-state index contributed by atoms with van der Waals surface area (Å²) in [5, 5.41) is 2.00. The summed E-state index contributed by atoms with van der Waals surface area (Å²) in [5.74, 6) is 7.27. The van der Waals surface area contributed by atoms with Crippen molar-refractivity contribution >= 4 is 45.3 Å². The molecule has 1 saturated heterocycles. The molecule has 0 radical (unpaired) electrons. The van der Waals surface area contributed by atoms with E-state index in [4.69, 9.17) is 11.6 Å². The topological polar surface area (TPSA) is 15.6 Å². The van der Waals surface area contributed by atoms with Crippen LogP contribution in [-0.2, 0) is 6.54 Å². The summed E-state index contributed by atoms with van der Waals surface area (Å²) in [6.45, 7) is 11.6. The van der Waals surface area contributed by atoms with E-state index in [1.807, 2.05) is 47.8 Å². The number of hydrogen-bond acceptors (Lipinski definition) is 3. The van der Waals surface area contributed by atoms with Gasteiger partial charge in [0.1, 0.15) is 5.70 Å². The van der Waals surface area contributed by atoms with Crippen LogP contribution in [0.1, 0.15) is 42.7 Å². The second kappa shape index (κ2) is 11.0. The molecule has 1 aliphatic heterocycles. The van der Waals surface area contributed by atoms with Crippen molar-refractivity contribution in [1.82, 2.24) is 4.90 Å². The molecule has 0 amide bonds. The molecule has 3 aromatic rings. The van der Waals surface area contributed by atoms with Gasteiger partial charge in [0.15, 0.2) is 0 Å². The van der Waals surface area contributed by atoms with E-state index in [0.29, 0.717) is 5.70 Å². The van der Waals surface area contributed by atoms with Gasteiger partial charge >= 0.3 is 0 Å². The number of halogens is 1. The van der Waals surface area contributed by atoms with Crippen LogP contribution in [0.15, 0.2) is 71.4 Å². The van der Waals surface area contributed by atoms with Crippen LogP contribution >= 0.6 is 22.9 Å². The Morgan fingerprint density at radius 1 is 1.15 bits per heavy atom. The van der Waals surface area contributed by atoms with E-state index in [1.165, 1.54) is 40.9 Å². The quantitative estimate of drug-likeness (QED) is 0.210. The second-order valence-corrected chi connectivity index (χ2v) is 10.3. The number of hydrogen-bond donors (Lipinski definition) is 0. The highest BCUT2D eigenvalue weighted by molar-refractivity contribution is 7.19. The SMILES string of the molecule is C=N/C(C#Cc1ccc2sc(CN3CCC(C)CC3)cc2c1)=C\C=C(/C)c1ccc(Cl)cc1. The summed E-state index contributed by atoms with van der Waals surface area (Å²) in [6.07, 6.45) is 6.54. The maximum atomic E-state index is 5.98. The van der Waals surface area contributed by atoms with E-state index in [-0.39, 0.29) is 0 Å². The minimum absolute atomic E-state index is 0.647. The summed E-state index contributed by atoms with van der Waals surface area (Å²) in [6, 6.07) is 16.6. The smallest absolute Gasteiger partial charge is 0.112 e. The third-order valence-corrected chi connectivity index (χ3v) is 7.47. The molecule has 4 rings (SSSR count). The molecule has 0 aliphatic carbocycles. The molecular formula is C29H29ClN2S. The lowest BCUT2D eigenvalue weighted by Crippen LogP contribution is -2.32. The van der Waals surface area contributed by atoms with Gasteiger partial charge in [-0.15, -0.1) is 11.3 Å². The standard InChI is InChI=1S/C29H29ClN2S/c1-21-14-16-32(17-15-21)20-28-19-25-18-23(6-13-29(25)33-28)5-12-27(31-3)11-4-22(2)24-7-9-26(30)10-8-24/h4,6-11,13,18-19,21H,3,14-17,20H2,1-2H3/b22-4+,27-11-. The molecule has 33 heavy (non-hydrogen) atoms. The lowest BCUT2D eigenvalue weighted by molar-refractivity contribution is 0.187. The van der Waals surface area contributed by atoms with Crippen LogP contribution < -0.4 is 0 Å². The van der Waals surface area contributed by atoms with Gasteiger partial charge in [0.2, 0.25) is 0 Å². The highest BCUT2D eigenvalue weighted by Gasteiger charge is 2.16. The number of allylic oxidation sites excluding steroid dienone is 4. The first-order valence-corrected chi connectivity index (χ1v) is 12.6. The van der Waals surface area contributed by atoms with Gasteiger partial charge in [-0.1, -0.05) is 42.7 Å². The Hall–Kier alpha value is -2.64. The van der Waals surface area contributed by atoms with E-state index in [1.54, 1.807) is 0 Å². The van der Waals surface area contributed by atoms with E-state index in [0.717, 1.165) is 34.2 Å². The van der Waals surface area contributed by atoms with E-state index >= 15 is 0 Å². The molecule has 2 nitrogen and oxygen atoms in total. The van der Waals surface area contributed by atoms with Crippen molar-refractivity contribution in [2.24, 2.45) is 10.9 Å². The van der Waals surface area contributed by atoms with Crippen LogP contribution in [0.3, 0.4) is 0 Å². The molecule has 2 heterocycles. The fourth-order valence-corrected chi connectivity index (χ4v) is 5.19. The largest absolute Gasteiger partial charge is 0.298 e. The highest BCUT2D eigenvalue weighted by Crippen LogP contribution is 2.28. The summed E-state index contributed by atoms with van der Waals surface area (Å²) >= 11 is 7.87. The van der Waals surface area contributed by atoms with E-state index < -0.39 is 0 Å². The summed E-state index contributed by atoms with van der Waals surface area (Å²) in [7, 11) is 0. The zero-order valence-electron chi connectivity index (χ0n) is 19.3. The van der Waals surface area contributed by atoms with Crippen LogP contribution in [0.5, 0.6) is 0 Å². The van der Waals surface area contributed by atoms with Crippen molar-refractivity contribution in [2.45, 2.75) is 33.2 Å². The Labute approximate surface area is 206 Å². The van der Waals surface area contributed by atoms with Gasteiger partial charge in [0, 0.05) is 26.7 Å². The van der Waals surface area contributed by atoms with Crippen LogP contribution in [0.2, 0.25) is 5.02 Å². The van der Waals surface area contributed by atoms with Crippen molar-refractivity contribution in [2.75, 3.05) is 13.1 Å². The summed E-state index contributed by atoms with van der Waals surface area (Å²) in [5.41, 5.74) is 3.87. The molecular weight excluding hydrogens is 444 g/mol. The lowest BCUT2D eigenvalue weighted by Gasteiger charge is -2.29. The second-order valence-electron chi connectivity index (χ2n) is 8.74. The molecule has 0 atom stereocenters. The summed E-state index contributed by atoms with van der Waals surface area (Å²) in [4.78, 5) is 8.10. The van der Waals surface area contributed by atoms with Gasteiger partial charge in [-0.3, -0.25) is 9.89 Å². The number of fused-ring (bicyclic) bond motifs is 1. The molecule has 1 aromatic heterocycles. The van der Waals surface area contributed by atoms with Crippen LogP contribution in [-0.4, -0.2) is 24.7 Å². The Bertz CT molecular complexity index is 1250. The Morgan fingerprint density at radius 2 is 1.91 bits per heavy atom. The third kappa shape index (κ3) is 6.45. The third-order valence-electron chi connectivity index (χ3n) is 6.12. The molecule has 0 spiro atoms. The molecule has 0 unspecified atom stereocenters. The number of nitrogens with zero attached hydrogens (tertiary/aromatic N) is 2. The van der Waals surface area contributed by atoms with Crippen molar-refractivity contribution in [3.63, 3.8) is 0 Å². The molecule has 1 aliphatic rings. The minimum Gasteiger partial charge on any atom is -0.298 e.